The van der Waals surface area contributed by atoms with Crippen molar-refractivity contribution >= 4 is 10.8 Å². The number of aliphatic hydroxyl groups excluding tert-OH is 1. The first-order valence-electron chi connectivity index (χ1n) is 10.1. The zero-order valence-electron chi connectivity index (χ0n) is 16.3. The molecule has 1 aliphatic heterocycles. The summed E-state index contributed by atoms with van der Waals surface area (Å²) in [4.78, 5) is 6.73. The molecule has 1 aromatic heterocycles. The summed E-state index contributed by atoms with van der Waals surface area (Å²) in [7, 11) is 0. The van der Waals surface area contributed by atoms with Crippen LogP contribution in [-0.2, 0) is 6.54 Å². The van der Waals surface area contributed by atoms with Crippen LogP contribution in [-0.4, -0.2) is 41.3 Å². The van der Waals surface area contributed by atoms with Gasteiger partial charge in [0.15, 0.2) is 0 Å². The van der Waals surface area contributed by atoms with Gasteiger partial charge in [-0.2, -0.15) is 0 Å². The second-order valence-corrected chi connectivity index (χ2v) is 7.86. The standard InChI is InChI=1S/C24H28N2O2/c27-19-24(12-16-28-22-7-2-1-3-8-22)10-14-26(15-11-24)18-21-6-4-5-20-17-25-13-9-23(20)21/h1-9,13,17,27H,10-12,14-16,18-19H2. The van der Waals surface area contributed by atoms with Crippen LogP contribution in [0.3, 0.4) is 0 Å². The molecule has 0 spiro atoms. The van der Waals surface area contributed by atoms with E-state index in [1.165, 1.54) is 16.3 Å². The highest BCUT2D eigenvalue weighted by Crippen LogP contribution is 2.35. The van der Waals surface area contributed by atoms with E-state index < -0.39 is 0 Å². The molecule has 0 radical (unpaired) electrons. The average molecular weight is 377 g/mol. The Morgan fingerprint density at radius 2 is 1.82 bits per heavy atom. The number of pyridine rings is 1. The van der Waals surface area contributed by atoms with Gasteiger partial charge in [0.05, 0.1) is 6.61 Å². The van der Waals surface area contributed by atoms with E-state index in [0.717, 1.165) is 44.6 Å². The van der Waals surface area contributed by atoms with Gasteiger partial charge in [0.2, 0.25) is 0 Å². The Morgan fingerprint density at radius 3 is 2.61 bits per heavy atom. The Labute approximate surface area is 166 Å². The first kappa shape index (κ1) is 18.9. The van der Waals surface area contributed by atoms with Crippen molar-refractivity contribution in [2.45, 2.75) is 25.8 Å². The number of rotatable bonds is 7. The monoisotopic (exact) mass is 376 g/mol. The van der Waals surface area contributed by atoms with Gasteiger partial charge < -0.3 is 9.84 Å². The number of piperidine rings is 1. The highest BCUT2D eigenvalue weighted by atomic mass is 16.5. The number of para-hydroxylation sites is 1. The van der Waals surface area contributed by atoms with Crippen molar-refractivity contribution in [1.82, 2.24) is 9.88 Å². The third kappa shape index (κ3) is 4.34. The molecule has 0 amide bonds. The maximum absolute atomic E-state index is 10.1. The minimum atomic E-state index is -0.0199. The molecule has 146 valence electrons. The summed E-state index contributed by atoms with van der Waals surface area (Å²) < 4.78 is 5.88. The van der Waals surface area contributed by atoms with Gasteiger partial charge in [-0.1, -0.05) is 36.4 Å². The minimum Gasteiger partial charge on any atom is -0.494 e. The molecule has 0 aliphatic carbocycles. The van der Waals surface area contributed by atoms with E-state index in [9.17, 15) is 5.11 Å². The van der Waals surface area contributed by atoms with Gasteiger partial charge in [0.25, 0.3) is 0 Å². The normalized spacial score (nSPS) is 16.9. The van der Waals surface area contributed by atoms with Crippen molar-refractivity contribution in [2.75, 3.05) is 26.3 Å². The van der Waals surface area contributed by atoms with E-state index in [4.69, 9.17) is 4.74 Å². The van der Waals surface area contributed by atoms with Crippen LogP contribution in [0.5, 0.6) is 5.75 Å². The van der Waals surface area contributed by atoms with Gasteiger partial charge in [-0.25, -0.2) is 0 Å². The Hall–Kier alpha value is -2.43. The number of nitrogens with zero attached hydrogens (tertiary/aromatic N) is 2. The van der Waals surface area contributed by atoms with E-state index in [-0.39, 0.29) is 12.0 Å². The first-order valence-corrected chi connectivity index (χ1v) is 10.1. The quantitative estimate of drug-likeness (QED) is 0.669. The second kappa shape index (κ2) is 8.72. The van der Waals surface area contributed by atoms with Crippen molar-refractivity contribution < 1.29 is 9.84 Å². The predicted octanol–water partition coefficient (Wildman–Crippen LogP) is 4.28. The topological polar surface area (TPSA) is 45.6 Å². The van der Waals surface area contributed by atoms with Crippen LogP contribution >= 0.6 is 0 Å². The Bertz CT molecular complexity index is 884. The summed E-state index contributed by atoms with van der Waals surface area (Å²) in [5.41, 5.74) is 1.33. The number of fused-ring (bicyclic) bond motifs is 1. The lowest BCUT2D eigenvalue weighted by atomic mass is 9.76. The molecule has 2 aromatic carbocycles. The molecule has 3 aromatic rings. The molecule has 1 saturated heterocycles. The molecule has 4 nitrogen and oxygen atoms in total. The average Bonchev–Trinajstić information content (AvgIpc) is 2.76. The Kier molecular flexibility index (Phi) is 5.89. The number of hydrogen-bond donors (Lipinski definition) is 1. The van der Waals surface area contributed by atoms with E-state index in [1.54, 1.807) is 0 Å². The number of likely N-dealkylation sites (tertiary alicyclic amines) is 1. The van der Waals surface area contributed by atoms with Crippen LogP contribution in [0.15, 0.2) is 67.0 Å². The summed E-state index contributed by atoms with van der Waals surface area (Å²) in [5.74, 6) is 0.901. The molecule has 1 fully saturated rings. The molecule has 4 heteroatoms. The van der Waals surface area contributed by atoms with Gasteiger partial charge in [-0.3, -0.25) is 9.88 Å². The van der Waals surface area contributed by atoms with Crippen molar-refractivity contribution in [2.24, 2.45) is 5.41 Å². The van der Waals surface area contributed by atoms with Crippen LogP contribution in [0.1, 0.15) is 24.8 Å². The molecule has 4 rings (SSSR count). The van der Waals surface area contributed by atoms with Crippen LogP contribution in [0.4, 0.5) is 0 Å². The smallest absolute Gasteiger partial charge is 0.119 e. The van der Waals surface area contributed by atoms with Crippen molar-refractivity contribution in [1.29, 1.82) is 0 Å². The van der Waals surface area contributed by atoms with E-state index >= 15 is 0 Å². The van der Waals surface area contributed by atoms with Crippen LogP contribution in [0.25, 0.3) is 10.8 Å². The summed E-state index contributed by atoms with van der Waals surface area (Å²) >= 11 is 0. The molecule has 1 N–H and O–H groups in total. The summed E-state index contributed by atoms with van der Waals surface area (Å²) in [6.45, 7) is 3.85. The highest BCUT2D eigenvalue weighted by molar-refractivity contribution is 5.84. The second-order valence-electron chi connectivity index (χ2n) is 7.86. The Morgan fingerprint density at radius 1 is 1.00 bits per heavy atom. The summed E-state index contributed by atoms with van der Waals surface area (Å²) in [6.07, 6.45) is 6.71. The van der Waals surface area contributed by atoms with Crippen LogP contribution < -0.4 is 4.74 Å². The van der Waals surface area contributed by atoms with Crippen molar-refractivity contribution in [3.05, 3.63) is 72.6 Å². The maximum atomic E-state index is 10.1. The summed E-state index contributed by atoms with van der Waals surface area (Å²) in [6, 6.07) is 18.5. The molecule has 0 atom stereocenters. The third-order valence-electron chi connectivity index (χ3n) is 6.06. The number of aromatic nitrogens is 1. The molecule has 0 unspecified atom stereocenters. The van der Waals surface area contributed by atoms with Gasteiger partial charge >= 0.3 is 0 Å². The van der Waals surface area contributed by atoms with Crippen molar-refractivity contribution in [3.63, 3.8) is 0 Å². The van der Waals surface area contributed by atoms with Gasteiger partial charge in [-0.05, 0) is 66.9 Å². The van der Waals surface area contributed by atoms with Crippen LogP contribution in [0.2, 0.25) is 0 Å². The lowest BCUT2D eigenvalue weighted by Gasteiger charge is -2.41. The molecular formula is C24H28N2O2. The lowest BCUT2D eigenvalue weighted by Crippen LogP contribution is -2.42. The fraction of sp³-hybridized carbons (Fsp3) is 0.375. The fourth-order valence-corrected chi connectivity index (χ4v) is 4.14. The van der Waals surface area contributed by atoms with Crippen molar-refractivity contribution in [3.8, 4) is 5.75 Å². The maximum Gasteiger partial charge on any atom is 0.119 e. The van der Waals surface area contributed by atoms with Gasteiger partial charge in [0.1, 0.15) is 5.75 Å². The minimum absolute atomic E-state index is 0.0199. The number of aliphatic hydroxyl groups is 1. The third-order valence-corrected chi connectivity index (χ3v) is 6.06. The predicted molar refractivity (Wildman–Crippen MR) is 112 cm³/mol. The molecule has 28 heavy (non-hydrogen) atoms. The largest absolute Gasteiger partial charge is 0.494 e. The lowest BCUT2D eigenvalue weighted by molar-refractivity contribution is 0.0244. The molecule has 2 heterocycles. The molecular weight excluding hydrogens is 348 g/mol. The Balaban J connectivity index is 1.33. The van der Waals surface area contributed by atoms with E-state index in [0.29, 0.717) is 6.61 Å². The number of hydrogen-bond acceptors (Lipinski definition) is 4. The molecule has 0 bridgehead atoms. The molecule has 1 aliphatic rings. The van der Waals surface area contributed by atoms with E-state index in [1.807, 2.05) is 42.7 Å². The van der Waals surface area contributed by atoms with Gasteiger partial charge in [-0.15, -0.1) is 0 Å². The zero-order valence-corrected chi connectivity index (χ0v) is 16.3. The first-order chi connectivity index (χ1) is 13.8. The summed E-state index contributed by atoms with van der Waals surface area (Å²) in [5, 5.41) is 12.6. The van der Waals surface area contributed by atoms with E-state index in [2.05, 4.69) is 34.1 Å². The fourth-order valence-electron chi connectivity index (χ4n) is 4.14. The highest BCUT2D eigenvalue weighted by Gasteiger charge is 2.34. The van der Waals surface area contributed by atoms with Gasteiger partial charge in [0, 0.05) is 30.9 Å². The zero-order chi connectivity index (χ0) is 19.2. The number of benzene rings is 2. The molecule has 0 saturated carbocycles. The SMILES string of the molecule is OCC1(CCOc2ccccc2)CCN(Cc2cccc3cnccc23)CC1. The van der Waals surface area contributed by atoms with Crippen LogP contribution in [0, 0.1) is 5.41 Å². The number of ether oxygens (including phenoxy) is 1.